The second-order valence-electron chi connectivity index (χ2n) is 6.66. The Kier molecular flexibility index (Phi) is 6.85. The van der Waals surface area contributed by atoms with Crippen LogP contribution in [0.25, 0.3) is 5.69 Å². The highest BCUT2D eigenvalue weighted by molar-refractivity contribution is 5.94. The second kappa shape index (κ2) is 9.56. The first kappa shape index (κ1) is 22.2. The van der Waals surface area contributed by atoms with Gasteiger partial charge in [0.15, 0.2) is 0 Å². The van der Waals surface area contributed by atoms with E-state index in [4.69, 9.17) is 4.74 Å². The van der Waals surface area contributed by atoms with Crippen molar-refractivity contribution in [1.82, 2.24) is 19.7 Å². The first-order valence-corrected chi connectivity index (χ1v) is 9.15. The van der Waals surface area contributed by atoms with Gasteiger partial charge in [0.05, 0.1) is 23.5 Å². The molecule has 1 aromatic heterocycles. The summed E-state index contributed by atoms with van der Waals surface area (Å²) < 4.78 is 59.1. The lowest BCUT2D eigenvalue weighted by Gasteiger charge is -2.18. The normalized spacial score (nSPS) is 11.5. The van der Waals surface area contributed by atoms with E-state index in [2.05, 4.69) is 15.4 Å². The molecule has 1 N–H and O–H groups in total. The molecular weight excluding hydrogens is 418 g/mol. The molecule has 31 heavy (non-hydrogen) atoms. The molecule has 7 nitrogen and oxygen atoms in total. The molecule has 3 rings (SSSR count). The third-order valence-electron chi connectivity index (χ3n) is 4.21. The minimum Gasteiger partial charge on any atom is -0.492 e. The maximum absolute atomic E-state index is 13.1. The number of rotatable bonds is 8. The Bertz CT molecular complexity index is 1020. The number of likely N-dealkylation sites (N-methyl/N-ethyl adjacent to an activating group) is 1. The molecule has 164 valence electrons. The van der Waals surface area contributed by atoms with Gasteiger partial charge in [0.25, 0.3) is 0 Å². The number of hydrogen-bond acceptors (Lipinski definition) is 5. The van der Waals surface area contributed by atoms with Gasteiger partial charge in [0.2, 0.25) is 5.91 Å². The SMILES string of the molecule is CN(CCOc1cccc(F)c1)CC(=O)Nc1cc(C(F)(F)F)ccc1-n1cncn1. The first-order chi connectivity index (χ1) is 14.7. The lowest BCUT2D eigenvalue weighted by molar-refractivity contribution is -0.137. The maximum atomic E-state index is 13.1. The van der Waals surface area contributed by atoms with Gasteiger partial charge in [-0.05, 0) is 37.4 Å². The number of halogens is 4. The van der Waals surface area contributed by atoms with Gasteiger partial charge in [-0.1, -0.05) is 6.07 Å². The predicted octanol–water partition coefficient (Wildman–Crippen LogP) is 3.37. The Morgan fingerprint density at radius 2 is 2.03 bits per heavy atom. The van der Waals surface area contributed by atoms with E-state index in [1.54, 1.807) is 18.0 Å². The van der Waals surface area contributed by atoms with Crippen LogP contribution in [0.2, 0.25) is 0 Å². The van der Waals surface area contributed by atoms with Crippen LogP contribution in [0.3, 0.4) is 0 Å². The summed E-state index contributed by atoms with van der Waals surface area (Å²) in [6.45, 7) is 0.434. The third kappa shape index (κ3) is 6.25. The van der Waals surface area contributed by atoms with Crippen LogP contribution >= 0.6 is 0 Å². The fourth-order valence-corrected chi connectivity index (χ4v) is 2.73. The Morgan fingerprint density at radius 3 is 2.71 bits per heavy atom. The van der Waals surface area contributed by atoms with Gasteiger partial charge >= 0.3 is 6.18 Å². The summed E-state index contributed by atoms with van der Waals surface area (Å²) in [4.78, 5) is 17.8. The van der Waals surface area contributed by atoms with E-state index in [1.165, 1.54) is 41.6 Å². The Hall–Kier alpha value is -3.47. The van der Waals surface area contributed by atoms with Crippen molar-refractivity contribution in [3.63, 3.8) is 0 Å². The molecule has 11 heteroatoms. The fourth-order valence-electron chi connectivity index (χ4n) is 2.73. The molecule has 0 bridgehead atoms. The van der Waals surface area contributed by atoms with Gasteiger partial charge in [0.1, 0.15) is 30.8 Å². The summed E-state index contributed by atoms with van der Waals surface area (Å²) in [5, 5.41) is 6.40. The molecule has 0 radical (unpaired) electrons. The van der Waals surface area contributed by atoms with Crippen molar-refractivity contribution in [1.29, 1.82) is 0 Å². The van der Waals surface area contributed by atoms with Crippen LogP contribution in [-0.4, -0.2) is 52.3 Å². The number of nitrogens with zero attached hydrogens (tertiary/aromatic N) is 4. The number of alkyl halides is 3. The van der Waals surface area contributed by atoms with Crippen molar-refractivity contribution in [2.75, 3.05) is 32.1 Å². The molecule has 0 fully saturated rings. The number of benzene rings is 2. The van der Waals surface area contributed by atoms with Crippen molar-refractivity contribution in [3.8, 4) is 11.4 Å². The van der Waals surface area contributed by atoms with Crippen LogP contribution in [0.4, 0.5) is 23.2 Å². The highest BCUT2D eigenvalue weighted by Gasteiger charge is 2.31. The van der Waals surface area contributed by atoms with E-state index in [-0.39, 0.29) is 24.5 Å². The van der Waals surface area contributed by atoms with E-state index in [9.17, 15) is 22.4 Å². The van der Waals surface area contributed by atoms with Crippen LogP contribution in [0.5, 0.6) is 5.75 Å². The molecule has 2 aromatic carbocycles. The molecule has 0 atom stereocenters. The summed E-state index contributed by atoms with van der Waals surface area (Å²) in [5.41, 5.74) is -0.700. The van der Waals surface area contributed by atoms with Crippen LogP contribution < -0.4 is 10.1 Å². The topological polar surface area (TPSA) is 72.3 Å². The lowest BCUT2D eigenvalue weighted by Crippen LogP contribution is -2.33. The third-order valence-corrected chi connectivity index (χ3v) is 4.21. The number of hydrogen-bond donors (Lipinski definition) is 1. The molecule has 0 unspecified atom stereocenters. The zero-order valence-electron chi connectivity index (χ0n) is 16.4. The minimum atomic E-state index is -4.56. The van der Waals surface area contributed by atoms with Gasteiger partial charge in [-0.25, -0.2) is 14.1 Å². The molecule has 1 heterocycles. The number of amides is 1. The highest BCUT2D eigenvalue weighted by Crippen LogP contribution is 2.33. The average molecular weight is 437 g/mol. The van der Waals surface area contributed by atoms with Gasteiger partial charge in [0, 0.05) is 12.6 Å². The Labute approximate surface area is 175 Å². The van der Waals surface area contributed by atoms with Gasteiger partial charge in [-0.3, -0.25) is 9.69 Å². The number of anilines is 1. The van der Waals surface area contributed by atoms with Crippen LogP contribution in [0.1, 0.15) is 5.56 Å². The molecular formula is C20H19F4N5O2. The molecule has 1 amide bonds. The first-order valence-electron chi connectivity index (χ1n) is 9.15. The van der Waals surface area contributed by atoms with Gasteiger partial charge in [-0.2, -0.15) is 18.3 Å². The molecule has 0 spiro atoms. The van der Waals surface area contributed by atoms with Crippen molar-refractivity contribution in [3.05, 3.63) is 66.5 Å². The van der Waals surface area contributed by atoms with Crippen LogP contribution in [-0.2, 0) is 11.0 Å². The summed E-state index contributed by atoms with van der Waals surface area (Å²) in [7, 11) is 1.65. The molecule has 0 aliphatic heterocycles. The monoisotopic (exact) mass is 437 g/mol. The Balaban J connectivity index is 1.62. The number of carbonyl (C=O) groups excluding carboxylic acids is 1. The number of carbonyl (C=O) groups is 1. The quantitative estimate of drug-likeness (QED) is 0.547. The summed E-state index contributed by atoms with van der Waals surface area (Å²) in [6, 6.07) is 8.63. The number of aromatic nitrogens is 3. The fraction of sp³-hybridized carbons (Fsp3) is 0.250. The van der Waals surface area contributed by atoms with Crippen LogP contribution in [0.15, 0.2) is 55.1 Å². The molecule has 3 aromatic rings. The zero-order chi connectivity index (χ0) is 22.4. The standard InChI is InChI=1S/C20H19F4N5O2/c1-28(7-8-31-16-4-2-3-15(21)10-16)11-19(30)27-17-9-14(20(22,23)24)5-6-18(17)29-13-25-12-26-29/h2-6,9-10,12-13H,7-8,11H2,1H3,(H,27,30). The minimum absolute atomic E-state index is 0.0465. The highest BCUT2D eigenvalue weighted by atomic mass is 19.4. The van der Waals surface area contributed by atoms with Crippen molar-refractivity contribution >= 4 is 11.6 Å². The van der Waals surface area contributed by atoms with Crippen molar-refractivity contribution < 1.29 is 27.1 Å². The predicted molar refractivity (Wildman–Crippen MR) is 104 cm³/mol. The summed E-state index contributed by atoms with van der Waals surface area (Å²) >= 11 is 0. The lowest BCUT2D eigenvalue weighted by atomic mass is 10.1. The van der Waals surface area contributed by atoms with E-state index < -0.39 is 23.5 Å². The van der Waals surface area contributed by atoms with Gasteiger partial charge < -0.3 is 10.1 Å². The van der Waals surface area contributed by atoms with Crippen LogP contribution in [0, 0.1) is 5.82 Å². The van der Waals surface area contributed by atoms with Crippen molar-refractivity contribution in [2.45, 2.75) is 6.18 Å². The molecule has 0 aliphatic rings. The molecule has 0 saturated heterocycles. The van der Waals surface area contributed by atoms with E-state index in [0.29, 0.717) is 12.3 Å². The maximum Gasteiger partial charge on any atom is 0.416 e. The van der Waals surface area contributed by atoms with E-state index >= 15 is 0 Å². The van der Waals surface area contributed by atoms with E-state index in [0.717, 1.165) is 12.1 Å². The van der Waals surface area contributed by atoms with Gasteiger partial charge in [-0.15, -0.1) is 0 Å². The summed E-state index contributed by atoms with van der Waals surface area (Å²) in [5.74, 6) is -0.581. The summed E-state index contributed by atoms with van der Waals surface area (Å²) in [6.07, 6.45) is -2.02. The van der Waals surface area contributed by atoms with E-state index in [1.807, 2.05) is 0 Å². The number of ether oxygens (including phenoxy) is 1. The molecule has 0 saturated carbocycles. The number of nitrogens with one attached hydrogen (secondary N) is 1. The van der Waals surface area contributed by atoms with Crippen molar-refractivity contribution in [2.24, 2.45) is 0 Å². The zero-order valence-corrected chi connectivity index (χ0v) is 16.4. The second-order valence-corrected chi connectivity index (χ2v) is 6.66. The largest absolute Gasteiger partial charge is 0.492 e. The average Bonchev–Trinajstić information content (AvgIpc) is 3.21. The smallest absolute Gasteiger partial charge is 0.416 e. The molecule has 0 aliphatic carbocycles. The Morgan fingerprint density at radius 1 is 1.23 bits per heavy atom.